The van der Waals surface area contributed by atoms with Crippen LogP contribution in [0, 0.1) is 40.4 Å². The van der Waals surface area contributed by atoms with Crippen molar-refractivity contribution in [2.75, 3.05) is 48.1 Å². The second kappa shape index (κ2) is 10.4. The number of esters is 1. The molecule has 1 saturated heterocycles. The number of carbonyl (C=O) groups is 1. The first-order valence-corrected chi connectivity index (χ1v) is 15.8. The van der Waals surface area contributed by atoms with Gasteiger partial charge in [0.1, 0.15) is 6.10 Å². The molecule has 5 saturated carbocycles. The van der Waals surface area contributed by atoms with E-state index in [0.29, 0.717) is 13.0 Å². The number of rotatable bonds is 9. The van der Waals surface area contributed by atoms with Gasteiger partial charge in [0.05, 0.1) is 30.5 Å². The van der Waals surface area contributed by atoms with Gasteiger partial charge in [0, 0.05) is 88.0 Å². The van der Waals surface area contributed by atoms with Gasteiger partial charge in [-0.1, -0.05) is 37.3 Å². The highest BCUT2D eigenvalue weighted by Crippen LogP contribution is 2.79. The summed E-state index contributed by atoms with van der Waals surface area (Å²) in [4.78, 5) is 16.0. The van der Waals surface area contributed by atoms with E-state index in [1.54, 1.807) is 13.2 Å². The van der Waals surface area contributed by atoms with Crippen LogP contribution in [0.5, 0.6) is 0 Å². The molecule has 1 N–H and O–H groups in total. The second-order valence-corrected chi connectivity index (χ2v) is 13.9. The Hall–Kier alpha value is -1.81. The van der Waals surface area contributed by atoms with E-state index < -0.39 is 11.7 Å². The standard InChI is InChI=1S/C34H47NO7/c1-6-35-18-32(19-38-2)15-14-24(40-4)34-22-16-21-23(39-3)17-33(37,27(31(34)35)29(41-5)30(32)34)26(22)28(21)42-25(36)13-12-20-10-8-7-9-11-20/h7-13,21-24,26-31,37H,6,14-19H2,1-5H3/b13-12+/t21-,22-,23-,24?,26-,27+,28+,29+,30-,31-,32+,33-,34+/m1/s1. The van der Waals surface area contributed by atoms with E-state index in [1.165, 1.54) is 6.08 Å². The summed E-state index contributed by atoms with van der Waals surface area (Å²) in [6.45, 7) is 4.73. The van der Waals surface area contributed by atoms with Gasteiger partial charge in [-0.3, -0.25) is 4.90 Å². The zero-order valence-electron chi connectivity index (χ0n) is 25.6. The van der Waals surface area contributed by atoms with E-state index in [4.69, 9.17) is 23.7 Å². The molecule has 1 aromatic rings. The zero-order chi connectivity index (χ0) is 29.4. The molecule has 6 fully saturated rings. The molecule has 0 radical (unpaired) electrons. The summed E-state index contributed by atoms with van der Waals surface area (Å²) in [5.74, 6) is -0.434. The molecule has 1 aromatic carbocycles. The van der Waals surface area contributed by atoms with Crippen LogP contribution in [0.2, 0.25) is 0 Å². The van der Waals surface area contributed by atoms with E-state index >= 15 is 0 Å². The first-order valence-electron chi connectivity index (χ1n) is 15.8. The van der Waals surface area contributed by atoms with Crippen molar-refractivity contribution in [2.45, 2.75) is 68.7 Å². The largest absolute Gasteiger partial charge is 0.458 e. The van der Waals surface area contributed by atoms with E-state index in [2.05, 4.69) is 11.8 Å². The third-order valence-electron chi connectivity index (χ3n) is 12.8. The molecule has 7 rings (SSSR count). The van der Waals surface area contributed by atoms with E-state index in [9.17, 15) is 9.90 Å². The molecular weight excluding hydrogens is 534 g/mol. The number of nitrogens with zero attached hydrogens (tertiary/aromatic N) is 1. The molecule has 1 unspecified atom stereocenters. The summed E-state index contributed by atoms with van der Waals surface area (Å²) in [6.07, 6.45) is 5.87. The van der Waals surface area contributed by atoms with Crippen molar-refractivity contribution in [3.8, 4) is 0 Å². The highest BCUT2D eigenvalue weighted by molar-refractivity contribution is 5.87. The number of ether oxygens (including phenoxy) is 5. The Kier molecular flexibility index (Phi) is 7.15. The first-order chi connectivity index (χ1) is 20.3. The van der Waals surface area contributed by atoms with Crippen LogP contribution in [0.1, 0.15) is 38.2 Å². The van der Waals surface area contributed by atoms with Crippen molar-refractivity contribution in [3.63, 3.8) is 0 Å². The van der Waals surface area contributed by atoms with Gasteiger partial charge in [-0.2, -0.15) is 0 Å². The number of aliphatic hydroxyl groups is 1. The van der Waals surface area contributed by atoms with Crippen LogP contribution in [0.25, 0.3) is 6.08 Å². The van der Waals surface area contributed by atoms with Gasteiger partial charge >= 0.3 is 5.97 Å². The lowest BCUT2D eigenvalue weighted by Crippen LogP contribution is -2.76. The van der Waals surface area contributed by atoms with Crippen LogP contribution in [-0.4, -0.2) is 100 Å². The summed E-state index contributed by atoms with van der Waals surface area (Å²) >= 11 is 0. The number of hydrogen-bond donors (Lipinski definition) is 1. The topological polar surface area (TPSA) is 86.7 Å². The fraction of sp³-hybridized carbons (Fsp3) is 0.735. The molecule has 0 aromatic heterocycles. The van der Waals surface area contributed by atoms with Gasteiger partial charge in [-0.05, 0) is 43.4 Å². The third kappa shape index (κ3) is 3.60. The number of methoxy groups -OCH3 is 4. The molecule has 1 heterocycles. The van der Waals surface area contributed by atoms with E-state index in [-0.39, 0.29) is 70.7 Å². The number of hydrogen-bond acceptors (Lipinski definition) is 8. The lowest BCUT2D eigenvalue weighted by Gasteiger charge is -2.69. The van der Waals surface area contributed by atoms with E-state index in [0.717, 1.165) is 37.9 Å². The van der Waals surface area contributed by atoms with Gasteiger partial charge in [-0.25, -0.2) is 4.79 Å². The molecule has 42 heavy (non-hydrogen) atoms. The molecule has 6 aliphatic rings. The van der Waals surface area contributed by atoms with Crippen molar-refractivity contribution in [1.29, 1.82) is 0 Å². The molecule has 1 aliphatic heterocycles. The fourth-order valence-corrected chi connectivity index (χ4v) is 12.0. The normalized spacial score (nSPS) is 48.5. The lowest BCUT2D eigenvalue weighted by molar-refractivity contribution is -0.277. The summed E-state index contributed by atoms with van der Waals surface area (Å²) in [6, 6.07) is 9.89. The Bertz CT molecular complexity index is 1210. The summed E-state index contributed by atoms with van der Waals surface area (Å²) in [5.41, 5.74) is -0.498. The third-order valence-corrected chi connectivity index (χ3v) is 12.8. The predicted molar refractivity (Wildman–Crippen MR) is 156 cm³/mol. The molecule has 5 aliphatic carbocycles. The highest BCUT2D eigenvalue weighted by atomic mass is 16.6. The maximum Gasteiger partial charge on any atom is 0.331 e. The van der Waals surface area contributed by atoms with Gasteiger partial charge in [0.2, 0.25) is 0 Å². The number of fused-ring (bicyclic) bond motifs is 2. The van der Waals surface area contributed by atoms with Crippen LogP contribution >= 0.6 is 0 Å². The Balaban J connectivity index is 1.36. The van der Waals surface area contributed by atoms with Crippen molar-refractivity contribution in [1.82, 2.24) is 4.90 Å². The van der Waals surface area contributed by atoms with Gasteiger partial charge in [0.15, 0.2) is 0 Å². The van der Waals surface area contributed by atoms with Gasteiger partial charge < -0.3 is 28.8 Å². The second-order valence-electron chi connectivity index (χ2n) is 13.9. The molecule has 230 valence electrons. The monoisotopic (exact) mass is 581 g/mol. The molecule has 8 nitrogen and oxygen atoms in total. The SMILES string of the molecule is CCN1C[C@]2(COC)CCC(OC)[C@@]34[C@@H]5C[C@H]6[C@H](OC(=O)/C=C/c7ccccc7)[C@@H]5[C@](O)(C[C@H]6OC)[C@@H]([C@H](OC)[C@H]23)[C@@H]14. The Morgan fingerprint density at radius 3 is 2.52 bits per heavy atom. The number of likely N-dealkylation sites (tertiary alicyclic amines) is 1. The summed E-state index contributed by atoms with van der Waals surface area (Å²) in [7, 11) is 7.21. The lowest BCUT2D eigenvalue weighted by atomic mass is 9.43. The molecule has 1 spiro atoms. The van der Waals surface area contributed by atoms with Crippen molar-refractivity contribution >= 4 is 12.0 Å². The average Bonchev–Trinajstić information content (AvgIpc) is 3.43. The minimum atomic E-state index is -1.10. The Morgan fingerprint density at radius 2 is 1.86 bits per heavy atom. The molecule has 8 heteroatoms. The molecule has 0 amide bonds. The van der Waals surface area contributed by atoms with Crippen molar-refractivity contribution in [2.24, 2.45) is 40.4 Å². The first kappa shape index (κ1) is 28.9. The quantitative estimate of drug-likeness (QED) is 0.351. The minimum absolute atomic E-state index is 0.0149. The summed E-state index contributed by atoms with van der Waals surface area (Å²) in [5, 5.41) is 13.2. The van der Waals surface area contributed by atoms with Crippen molar-refractivity contribution in [3.05, 3.63) is 42.0 Å². The van der Waals surface area contributed by atoms with Gasteiger partial charge in [0.25, 0.3) is 0 Å². The van der Waals surface area contributed by atoms with Crippen LogP contribution in [-0.2, 0) is 28.5 Å². The van der Waals surface area contributed by atoms with Crippen LogP contribution in [0.3, 0.4) is 0 Å². The zero-order valence-corrected chi connectivity index (χ0v) is 25.6. The maximum atomic E-state index is 13.4. The number of benzene rings is 1. The molecule has 7 bridgehead atoms. The smallest absolute Gasteiger partial charge is 0.331 e. The molecular formula is C34H47NO7. The number of piperidine rings is 1. The Morgan fingerprint density at radius 1 is 1.07 bits per heavy atom. The Labute approximate surface area is 249 Å². The van der Waals surface area contributed by atoms with Crippen LogP contribution < -0.4 is 0 Å². The van der Waals surface area contributed by atoms with E-state index in [1.807, 2.05) is 51.7 Å². The predicted octanol–water partition coefficient (Wildman–Crippen LogP) is 3.42. The molecule has 13 atom stereocenters. The fourth-order valence-electron chi connectivity index (χ4n) is 12.0. The minimum Gasteiger partial charge on any atom is -0.458 e. The van der Waals surface area contributed by atoms with Crippen LogP contribution in [0.4, 0.5) is 0 Å². The number of carbonyl (C=O) groups excluding carboxylic acids is 1. The van der Waals surface area contributed by atoms with Crippen molar-refractivity contribution < 1.29 is 33.6 Å². The average molecular weight is 582 g/mol. The maximum absolute atomic E-state index is 13.4. The van der Waals surface area contributed by atoms with Gasteiger partial charge in [-0.15, -0.1) is 0 Å². The van der Waals surface area contributed by atoms with Crippen LogP contribution in [0.15, 0.2) is 36.4 Å². The summed E-state index contributed by atoms with van der Waals surface area (Å²) < 4.78 is 31.5. The highest BCUT2D eigenvalue weighted by Gasteiger charge is 2.86.